The van der Waals surface area contributed by atoms with E-state index in [0.717, 1.165) is 5.69 Å². The molecule has 0 atom stereocenters. The average Bonchev–Trinajstić information content (AvgIpc) is 3.99. The van der Waals surface area contributed by atoms with E-state index in [9.17, 15) is 24.0 Å². The predicted molar refractivity (Wildman–Crippen MR) is 240 cm³/mol. The van der Waals surface area contributed by atoms with Crippen LogP contribution in [-0.2, 0) is 21.1 Å². The lowest BCUT2D eigenvalue weighted by molar-refractivity contribution is 0.0943. The van der Waals surface area contributed by atoms with Gasteiger partial charge in [0.25, 0.3) is 29.5 Å². The molecule has 0 saturated carbocycles. The number of anilines is 5. The second-order valence-corrected chi connectivity index (χ2v) is 14.6. The molecule has 61 heavy (non-hydrogen) atoms. The molecular weight excluding hydrogens is 849 g/mol. The number of rotatable bonds is 17. The van der Waals surface area contributed by atoms with Crippen LogP contribution in [0, 0.1) is 5.41 Å². The van der Waals surface area contributed by atoms with Crippen LogP contribution in [-0.4, -0.2) is 80.5 Å². The van der Waals surface area contributed by atoms with Crippen molar-refractivity contribution >= 4 is 110 Å². The molecule has 0 radical (unpaired) electrons. The number of aryl methyl sites for hydroxylation is 3. The zero-order valence-electron chi connectivity index (χ0n) is 33.3. The van der Waals surface area contributed by atoms with Gasteiger partial charge in [0.1, 0.15) is 22.7 Å². The lowest BCUT2D eigenvalue weighted by Gasteiger charge is -2.22. The minimum atomic E-state index is -0.551. The highest BCUT2D eigenvalue weighted by Crippen LogP contribution is 2.26. The molecule has 0 fully saturated rings. The molecule has 0 aliphatic rings. The second-order valence-electron chi connectivity index (χ2n) is 13.8. The fourth-order valence-electron chi connectivity index (χ4n) is 6.39. The normalized spacial score (nSPS) is 10.8. The number of carbonyl (C=O) groups is 5. The number of carbonyl (C=O) groups excluding carboxylic acids is 5. The summed E-state index contributed by atoms with van der Waals surface area (Å²) in [7, 11) is 4.96. The topological polar surface area (TPSA) is 227 Å². The molecule has 5 amide bonds. The summed E-state index contributed by atoms with van der Waals surface area (Å²) < 4.78 is 10.4. The van der Waals surface area contributed by atoms with Gasteiger partial charge in [0.05, 0.1) is 22.9 Å². The number of benzene rings is 2. The van der Waals surface area contributed by atoms with Crippen molar-refractivity contribution in [1.82, 2.24) is 19.0 Å². The summed E-state index contributed by atoms with van der Waals surface area (Å²) in [5.74, 6) is -1.33. The molecule has 4 aromatic heterocycles. The van der Waals surface area contributed by atoms with Crippen molar-refractivity contribution in [2.24, 2.45) is 26.9 Å². The Kier molecular flexibility index (Phi) is 14.9. The van der Waals surface area contributed by atoms with Crippen LogP contribution in [0.5, 0.6) is 0 Å². The highest BCUT2D eigenvalue weighted by atomic mass is 35.5. The standard InChI is InChI=1S/C41H43Cl2N11O6.ClH/c1-51-21-27(18-31(51)38(56)46-13-10-36(44)45)48-39(57)32-19-28(22-52(32)2)49-40(58)33-20-29(23-53(33)3)50-41(59)35-17-25-16-26(6-9-34(25)60-35)47-37(55)24-4-7-30(8-5-24)54(14-11-42)15-12-43;/h4-9,16-23H,10-15H2,1-3H3,(H3,44,45)(H,46,56)(H,47,55)(H,48,57)(H,49,58)(H,50,59);1H. The van der Waals surface area contributed by atoms with Crippen LogP contribution in [0.1, 0.15) is 58.8 Å². The van der Waals surface area contributed by atoms with E-state index >= 15 is 0 Å². The smallest absolute Gasteiger partial charge is 0.291 e. The van der Waals surface area contributed by atoms with E-state index in [-0.39, 0.29) is 60.2 Å². The van der Waals surface area contributed by atoms with E-state index in [1.54, 1.807) is 89.8 Å². The van der Waals surface area contributed by atoms with Crippen molar-refractivity contribution in [3.63, 3.8) is 0 Å². The molecule has 17 nitrogen and oxygen atoms in total. The molecule has 4 heterocycles. The van der Waals surface area contributed by atoms with Crippen molar-refractivity contribution in [2.75, 3.05) is 57.6 Å². The van der Waals surface area contributed by atoms with Gasteiger partial charge >= 0.3 is 0 Å². The van der Waals surface area contributed by atoms with Gasteiger partial charge in [0.2, 0.25) is 0 Å². The molecule has 0 spiro atoms. The van der Waals surface area contributed by atoms with Crippen molar-refractivity contribution in [2.45, 2.75) is 6.42 Å². The lowest BCUT2D eigenvalue weighted by atomic mass is 10.1. The number of halogens is 3. The summed E-state index contributed by atoms with van der Waals surface area (Å²) in [6.07, 6.45) is 4.96. The zero-order chi connectivity index (χ0) is 43.1. The number of hydrogen-bond donors (Lipinski definition) is 7. The average molecular weight is 893 g/mol. The third kappa shape index (κ3) is 11.1. The first-order valence-electron chi connectivity index (χ1n) is 18.6. The van der Waals surface area contributed by atoms with Crippen molar-refractivity contribution in [1.29, 1.82) is 5.41 Å². The van der Waals surface area contributed by atoms with E-state index in [4.69, 9.17) is 38.8 Å². The Bertz CT molecular complexity index is 2590. The lowest BCUT2D eigenvalue weighted by Crippen LogP contribution is -2.28. The Balaban J connectivity index is 0.00000704. The molecule has 0 bridgehead atoms. The molecule has 0 unspecified atom stereocenters. The molecule has 0 aliphatic carbocycles. The van der Waals surface area contributed by atoms with E-state index in [2.05, 4.69) is 26.6 Å². The Morgan fingerprint density at radius 1 is 0.656 bits per heavy atom. The number of nitrogens with one attached hydrogen (secondary N) is 6. The van der Waals surface area contributed by atoms with Gasteiger partial charge in [-0.15, -0.1) is 35.6 Å². The maximum atomic E-state index is 13.3. The SMILES string of the molecule is Cl.Cn1cc(NC(=O)c2cc(NC(=O)c3cc(NC(=O)c4cc5cc(NC(=O)c6ccc(N(CCCl)CCCl)cc6)ccc5o4)cn3C)cn2C)cc1C(=O)NCCC(=N)N. The molecule has 320 valence electrons. The summed E-state index contributed by atoms with van der Waals surface area (Å²) in [4.78, 5) is 67.4. The number of fused-ring (bicyclic) bond motifs is 1. The summed E-state index contributed by atoms with van der Waals surface area (Å²) in [6.45, 7) is 1.46. The molecule has 8 N–H and O–H groups in total. The van der Waals surface area contributed by atoms with Gasteiger partial charge in [-0.05, 0) is 66.7 Å². The van der Waals surface area contributed by atoms with E-state index < -0.39 is 17.7 Å². The molecule has 6 aromatic rings. The van der Waals surface area contributed by atoms with Gasteiger partial charge in [-0.1, -0.05) is 0 Å². The monoisotopic (exact) mass is 891 g/mol. The minimum absolute atomic E-state index is 0. The van der Waals surface area contributed by atoms with E-state index in [0.29, 0.717) is 69.8 Å². The third-order valence-corrected chi connectivity index (χ3v) is 9.71. The van der Waals surface area contributed by atoms with Crippen LogP contribution in [0.15, 0.2) is 89.7 Å². The van der Waals surface area contributed by atoms with E-state index in [1.807, 2.05) is 17.0 Å². The Hall–Kier alpha value is -6.69. The van der Waals surface area contributed by atoms with Gasteiger partial charge in [-0.2, -0.15) is 0 Å². The molecule has 2 aromatic carbocycles. The van der Waals surface area contributed by atoms with E-state index in [1.165, 1.54) is 18.2 Å². The van der Waals surface area contributed by atoms with Gasteiger partial charge < -0.3 is 55.3 Å². The first-order chi connectivity index (χ1) is 28.7. The molecular formula is C41H44Cl3N11O6. The summed E-state index contributed by atoms with van der Waals surface area (Å²) in [6, 6.07) is 18.3. The Morgan fingerprint density at radius 3 is 1.66 bits per heavy atom. The summed E-state index contributed by atoms with van der Waals surface area (Å²) in [5.41, 5.74) is 9.49. The maximum absolute atomic E-state index is 13.3. The number of aromatic nitrogens is 3. The maximum Gasteiger partial charge on any atom is 0.291 e. The van der Waals surface area contributed by atoms with Crippen LogP contribution >= 0.6 is 35.6 Å². The van der Waals surface area contributed by atoms with Gasteiger partial charge in [-0.25, -0.2) is 0 Å². The number of nitrogens with zero attached hydrogens (tertiary/aromatic N) is 4. The van der Waals surface area contributed by atoms with Crippen LogP contribution in [0.25, 0.3) is 11.0 Å². The van der Waals surface area contributed by atoms with Crippen molar-refractivity contribution < 1.29 is 28.4 Å². The van der Waals surface area contributed by atoms with Crippen molar-refractivity contribution in [3.8, 4) is 0 Å². The fraction of sp³-hybridized carbons (Fsp3) is 0.220. The first kappa shape index (κ1) is 45.4. The number of hydrogen-bond acceptors (Lipinski definition) is 8. The quantitative estimate of drug-likeness (QED) is 0.0315. The van der Waals surface area contributed by atoms with Crippen molar-refractivity contribution in [3.05, 3.63) is 114 Å². The molecule has 20 heteroatoms. The molecule has 0 saturated heterocycles. The van der Waals surface area contributed by atoms with Gasteiger partial charge in [0.15, 0.2) is 5.76 Å². The fourth-order valence-corrected chi connectivity index (χ4v) is 6.80. The number of nitrogens with two attached hydrogens (primary N) is 1. The number of amidine groups is 1. The van der Waals surface area contributed by atoms with Gasteiger partial charge in [0, 0.05) is 99.9 Å². The van der Waals surface area contributed by atoms with Crippen LogP contribution in [0.3, 0.4) is 0 Å². The predicted octanol–water partition coefficient (Wildman–Crippen LogP) is 6.22. The van der Waals surface area contributed by atoms with Gasteiger partial charge in [-0.3, -0.25) is 29.4 Å². The third-order valence-electron chi connectivity index (χ3n) is 9.37. The van der Waals surface area contributed by atoms with Crippen LogP contribution in [0.2, 0.25) is 0 Å². The largest absolute Gasteiger partial charge is 0.451 e. The number of alkyl halides is 2. The summed E-state index contributed by atoms with van der Waals surface area (Å²) >= 11 is 11.8. The first-order valence-corrected chi connectivity index (χ1v) is 19.7. The summed E-state index contributed by atoms with van der Waals surface area (Å²) in [5, 5.41) is 21.7. The molecule has 6 rings (SSSR count). The second kappa shape index (κ2) is 20.0. The van der Waals surface area contributed by atoms with Crippen LogP contribution in [0.4, 0.5) is 28.4 Å². The highest BCUT2D eigenvalue weighted by molar-refractivity contribution is 6.18. The highest BCUT2D eigenvalue weighted by Gasteiger charge is 2.20. The number of furan rings is 1. The Labute approximate surface area is 366 Å². The molecule has 0 aliphatic heterocycles. The minimum Gasteiger partial charge on any atom is -0.451 e. The Morgan fingerprint density at radius 2 is 1.15 bits per heavy atom. The number of amides is 5. The zero-order valence-corrected chi connectivity index (χ0v) is 35.6. The van der Waals surface area contributed by atoms with Crippen LogP contribution < -0.4 is 37.2 Å².